The Morgan fingerprint density at radius 2 is 1.97 bits per heavy atom. The highest BCUT2D eigenvalue weighted by atomic mass is 79.9. The van der Waals surface area contributed by atoms with E-state index in [-0.39, 0.29) is 12.5 Å². The van der Waals surface area contributed by atoms with Gasteiger partial charge in [-0.05, 0) is 67.1 Å². The predicted molar refractivity (Wildman–Crippen MR) is 122 cm³/mol. The van der Waals surface area contributed by atoms with Crippen LogP contribution in [0.3, 0.4) is 0 Å². The van der Waals surface area contributed by atoms with E-state index in [0.717, 1.165) is 21.3 Å². The van der Waals surface area contributed by atoms with Gasteiger partial charge in [0.2, 0.25) is 0 Å². The molecule has 0 spiro atoms. The van der Waals surface area contributed by atoms with Crippen molar-refractivity contribution in [2.75, 3.05) is 13.7 Å². The van der Waals surface area contributed by atoms with Gasteiger partial charge in [-0.15, -0.1) is 6.42 Å². The molecule has 0 saturated carbocycles. The number of amidine groups is 1. The molecule has 2 aromatic rings. The molecule has 1 aliphatic rings. The van der Waals surface area contributed by atoms with E-state index in [1.807, 2.05) is 32.0 Å². The Hall–Kier alpha value is -2.69. The molecule has 5 nitrogen and oxygen atoms in total. The highest BCUT2D eigenvalue weighted by Crippen LogP contribution is 2.38. The molecule has 1 heterocycles. The number of hydrogen-bond acceptors (Lipinski definition) is 5. The van der Waals surface area contributed by atoms with E-state index in [2.05, 4.69) is 38.2 Å². The molecule has 1 N–H and O–H groups in total. The van der Waals surface area contributed by atoms with Crippen LogP contribution in [0, 0.1) is 26.2 Å². The zero-order valence-corrected chi connectivity index (χ0v) is 18.6. The Morgan fingerprint density at radius 1 is 1.24 bits per heavy atom. The van der Waals surface area contributed by atoms with Crippen LogP contribution in [0.15, 0.2) is 44.7 Å². The van der Waals surface area contributed by atoms with E-state index in [4.69, 9.17) is 15.9 Å². The summed E-state index contributed by atoms with van der Waals surface area (Å²) in [5.74, 6) is 3.22. The maximum absolute atomic E-state index is 12.5. The predicted octanol–water partition coefficient (Wildman–Crippen LogP) is 4.98. The first-order chi connectivity index (χ1) is 13.9. The minimum atomic E-state index is -0.222. The van der Waals surface area contributed by atoms with Gasteiger partial charge in [0, 0.05) is 10.0 Å². The van der Waals surface area contributed by atoms with Crippen molar-refractivity contribution >= 4 is 50.5 Å². The van der Waals surface area contributed by atoms with Crippen LogP contribution in [0.4, 0.5) is 5.69 Å². The summed E-state index contributed by atoms with van der Waals surface area (Å²) in [5, 5.41) is 3.33. The van der Waals surface area contributed by atoms with E-state index in [1.165, 1.54) is 11.8 Å². The van der Waals surface area contributed by atoms with Gasteiger partial charge in [-0.1, -0.05) is 27.9 Å². The third-order valence-corrected chi connectivity index (χ3v) is 5.31. The summed E-state index contributed by atoms with van der Waals surface area (Å²) in [6, 6.07) is 9.64. The van der Waals surface area contributed by atoms with Crippen LogP contribution in [-0.2, 0) is 4.79 Å². The fourth-order valence-corrected chi connectivity index (χ4v) is 4.16. The maximum atomic E-state index is 12.5. The Morgan fingerprint density at radius 3 is 2.62 bits per heavy atom. The summed E-state index contributed by atoms with van der Waals surface area (Å²) in [4.78, 5) is 17.5. The Kier molecular flexibility index (Phi) is 6.68. The van der Waals surface area contributed by atoms with Crippen molar-refractivity contribution in [3.05, 3.63) is 56.4 Å². The summed E-state index contributed by atoms with van der Waals surface area (Å²) in [6.07, 6.45) is 7.06. The van der Waals surface area contributed by atoms with Crippen LogP contribution in [0.5, 0.6) is 11.5 Å². The standard InChI is InChI=1S/C22H19BrN2O3S/c1-5-6-28-20-15(10-16(23)12-18(20)27-4)11-19-21(26)25-22(29-19)24-17-8-13(2)7-14(3)9-17/h1,7-12H,6H2,2-4H3,(H,24,25,26). The van der Waals surface area contributed by atoms with Gasteiger partial charge in [0.1, 0.15) is 6.61 Å². The van der Waals surface area contributed by atoms with Crippen LogP contribution < -0.4 is 14.8 Å². The lowest BCUT2D eigenvalue weighted by atomic mass is 10.1. The lowest BCUT2D eigenvalue weighted by Crippen LogP contribution is -2.19. The molecule has 1 amide bonds. The summed E-state index contributed by atoms with van der Waals surface area (Å²) in [6.45, 7) is 4.12. The number of aryl methyl sites for hydroxylation is 2. The van der Waals surface area contributed by atoms with Crippen molar-refractivity contribution in [3.8, 4) is 23.8 Å². The molecule has 7 heteroatoms. The molecule has 2 aromatic carbocycles. The number of carbonyl (C=O) groups is 1. The molecule has 0 unspecified atom stereocenters. The number of carbonyl (C=O) groups excluding carboxylic acids is 1. The number of rotatable bonds is 5. The molecule has 1 fully saturated rings. The number of nitrogens with one attached hydrogen (secondary N) is 1. The van der Waals surface area contributed by atoms with Crippen molar-refractivity contribution in [1.82, 2.24) is 5.32 Å². The third kappa shape index (κ3) is 5.22. The first kappa shape index (κ1) is 21.0. The van der Waals surface area contributed by atoms with Gasteiger partial charge < -0.3 is 14.8 Å². The van der Waals surface area contributed by atoms with Gasteiger partial charge in [-0.3, -0.25) is 4.79 Å². The molecule has 148 valence electrons. The number of nitrogens with zero attached hydrogens (tertiary/aromatic N) is 1. The van der Waals surface area contributed by atoms with Gasteiger partial charge in [-0.25, -0.2) is 4.99 Å². The molecule has 0 aliphatic carbocycles. The average molecular weight is 471 g/mol. The Labute approximate surface area is 182 Å². The summed E-state index contributed by atoms with van der Waals surface area (Å²) >= 11 is 4.72. The van der Waals surface area contributed by atoms with Crippen molar-refractivity contribution < 1.29 is 14.3 Å². The lowest BCUT2D eigenvalue weighted by molar-refractivity contribution is -0.115. The zero-order valence-electron chi connectivity index (χ0n) is 16.2. The molecule has 0 bridgehead atoms. The van der Waals surface area contributed by atoms with Crippen molar-refractivity contribution in [2.45, 2.75) is 13.8 Å². The van der Waals surface area contributed by atoms with Crippen molar-refractivity contribution in [3.63, 3.8) is 0 Å². The minimum Gasteiger partial charge on any atom is -0.493 e. The van der Waals surface area contributed by atoms with Gasteiger partial charge in [-0.2, -0.15) is 0 Å². The number of benzene rings is 2. The second-order valence-electron chi connectivity index (χ2n) is 6.35. The first-order valence-corrected chi connectivity index (χ1v) is 10.3. The Balaban J connectivity index is 1.95. The fourth-order valence-electron chi connectivity index (χ4n) is 2.87. The molecule has 0 atom stereocenters. The highest BCUT2D eigenvalue weighted by molar-refractivity contribution is 9.10. The van der Waals surface area contributed by atoms with Crippen LogP contribution in [-0.4, -0.2) is 24.8 Å². The molecule has 29 heavy (non-hydrogen) atoms. The lowest BCUT2D eigenvalue weighted by Gasteiger charge is -2.12. The van der Waals surface area contributed by atoms with Crippen molar-refractivity contribution in [2.24, 2.45) is 4.99 Å². The SMILES string of the molecule is C#CCOc1c(C=C2SC(=Nc3cc(C)cc(C)c3)NC2=O)cc(Br)cc1OC. The van der Waals surface area contributed by atoms with Gasteiger partial charge in [0.15, 0.2) is 16.7 Å². The number of hydrogen-bond donors (Lipinski definition) is 1. The maximum Gasteiger partial charge on any atom is 0.264 e. The molecule has 1 aliphatic heterocycles. The van der Waals surface area contributed by atoms with E-state index in [0.29, 0.717) is 27.1 Å². The summed E-state index contributed by atoms with van der Waals surface area (Å²) < 4.78 is 11.8. The fraction of sp³-hybridized carbons (Fsp3) is 0.182. The number of thioether (sulfide) groups is 1. The Bertz CT molecular complexity index is 1050. The van der Waals surface area contributed by atoms with E-state index in [9.17, 15) is 4.79 Å². The van der Waals surface area contributed by atoms with E-state index >= 15 is 0 Å². The number of aliphatic imine (C=N–C) groups is 1. The monoisotopic (exact) mass is 470 g/mol. The quantitative estimate of drug-likeness (QED) is 0.494. The molecular formula is C22H19BrN2O3S. The van der Waals surface area contributed by atoms with Crippen LogP contribution in [0.25, 0.3) is 6.08 Å². The van der Waals surface area contributed by atoms with Gasteiger partial charge in [0.05, 0.1) is 17.7 Å². The van der Waals surface area contributed by atoms with Gasteiger partial charge in [0.25, 0.3) is 5.91 Å². The topological polar surface area (TPSA) is 59.9 Å². The molecule has 1 saturated heterocycles. The molecule has 3 rings (SSSR count). The first-order valence-electron chi connectivity index (χ1n) is 8.71. The minimum absolute atomic E-state index is 0.0902. The highest BCUT2D eigenvalue weighted by Gasteiger charge is 2.25. The molecular weight excluding hydrogens is 452 g/mol. The summed E-state index contributed by atoms with van der Waals surface area (Å²) in [7, 11) is 1.55. The van der Waals surface area contributed by atoms with Crippen LogP contribution >= 0.6 is 27.7 Å². The number of amides is 1. The third-order valence-electron chi connectivity index (χ3n) is 3.94. The van der Waals surface area contributed by atoms with E-state index in [1.54, 1.807) is 19.3 Å². The molecule has 0 aromatic heterocycles. The largest absolute Gasteiger partial charge is 0.493 e. The number of terminal acetylenes is 1. The molecule has 0 radical (unpaired) electrons. The van der Waals surface area contributed by atoms with E-state index < -0.39 is 0 Å². The smallest absolute Gasteiger partial charge is 0.264 e. The zero-order chi connectivity index (χ0) is 21.0. The van der Waals surface area contributed by atoms with Crippen molar-refractivity contribution in [1.29, 1.82) is 0 Å². The summed E-state index contributed by atoms with van der Waals surface area (Å²) in [5.41, 5.74) is 3.71. The second-order valence-corrected chi connectivity index (χ2v) is 8.29. The second kappa shape index (κ2) is 9.21. The average Bonchev–Trinajstić information content (AvgIpc) is 2.98. The van der Waals surface area contributed by atoms with Gasteiger partial charge >= 0.3 is 0 Å². The van der Waals surface area contributed by atoms with Crippen LogP contribution in [0.1, 0.15) is 16.7 Å². The number of halogens is 1. The normalized spacial score (nSPS) is 16.0. The number of methoxy groups -OCH3 is 1. The number of ether oxygens (including phenoxy) is 2. The van der Waals surface area contributed by atoms with Crippen LogP contribution in [0.2, 0.25) is 0 Å².